The monoisotopic (exact) mass is 272 g/mol. The van der Waals surface area contributed by atoms with Gasteiger partial charge in [0, 0.05) is 5.97 Å². The standard InChI is InChI=1S/C17H14O2.Na/c18-17(19)10-9-16-14-7-3-1-5-12(14)11-13-6-2-4-8-15(13)16;/h1-8,11H,9-10H2,(H,18,19);/q;+1/p-1. The summed E-state index contributed by atoms with van der Waals surface area (Å²) in [6, 6.07) is 18.3. The zero-order valence-electron chi connectivity index (χ0n) is 11.4. The molecule has 0 aromatic heterocycles. The van der Waals surface area contributed by atoms with E-state index in [1.807, 2.05) is 36.4 Å². The largest absolute Gasteiger partial charge is 1.00 e. The van der Waals surface area contributed by atoms with Crippen LogP contribution in [-0.4, -0.2) is 5.97 Å². The van der Waals surface area contributed by atoms with Gasteiger partial charge in [-0.05, 0) is 46.0 Å². The maximum absolute atomic E-state index is 10.7. The predicted molar refractivity (Wildman–Crippen MR) is 74.8 cm³/mol. The van der Waals surface area contributed by atoms with Crippen molar-refractivity contribution < 1.29 is 39.5 Å². The fraction of sp³-hybridized carbons (Fsp3) is 0.118. The molecule has 0 unspecified atom stereocenters. The summed E-state index contributed by atoms with van der Waals surface area (Å²) in [6.45, 7) is 0. The Morgan fingerprint density at radius 3 is 1.90 bits per heavy atom. The fourth-order valence-electron chi connectivity index (χ4n) is 2.60. The van der Waals surface area contributed by atoms with E-state index < -0.39 is 5.97 Å². The van der Waals surface area contributed by atoms with E-state index in [1.54, 1.807) is 0 Å². The van der Waals surface area contributed by atoms with E-state index in [0.717, 1.165) is 27.1 Å². The molecule has 0 N–H and O–H groups in total. The molecule has 0 bridgehead atoms. The molecular weight excluding hydrogens is 259 g/mol. The molecule has 0 radical (unpaired) electrons. The quantitative estimate of drug-likeness (QED) is 0.484. The van der Waals surface area contributed by atoms with Crippen LogP contribution in [0.1, 0.15) is 12.0 Å². The van der Waals surface area contributed by atoms with Crippen molar-refractivity contribution in [3.63, 3.8) is 0 Å². The molecule has 94 valence electrons. The third kappa shape index (κ3) is 2.88. The first-order valence-electron chi connectivity index (χ1n) is 6.35. The molecule has 0 spiro atoms. The topological polar surface area (TPSA) is 40.1 Å². The Morgan fingerprint density at radius 1 is 0.900 bits per heavy atom. The number of carbonyl (C=O) groups is 1. The second kappa shape index (κ2) is 6.40. The molecule has 2 nitrogen and oxygen atoms in total. The molecule has 0 atom stereocenters. The number of aryl methyl sites for hydroxylation is 1. The van der Waals surface area contributed by atoms with Crippen LogP contribution in [0.5, 0.6) is 0 Å². The Kier molecular flexibility index (Phi) is 4.81. The van der Waals surface area contributed by atoms with Crippen molar-refractivity contribution in [2.45, 2.75) is 12.8 Å². The second-order valence-corrected chi connectivity index (χ2v) is 4.67. The van der Waals surface area contributed by atoms with Crippen molar-refractivity contribution in [2.24, 2.45) is 0 Å². The van der Waals surface area contributed by atoms with Gasteiger partial charge < -0.3 is 9.90 Å². The van der Waals surface area contributed by atoms with E-state index in [2.05, 4.69) is 18.2 Å². The summed E-state index contributed by atoms with van der Waals surface area (Å²) in [5.41, 5.74) is 1.10. The van der Waals surface area contributed by atoms with Crippen LogP contribution in [0.4, 0.5) is 0 Å². The Hall–Kier alpha value is -1.35. The Morgan fingerprint density at radius 2 is 1.40 bits per heavy atom. The minimum atomic E-state index is -1.00. The first-order valence-corrected chi connectivity index (χ1v) is 6.35. The summed E-state index contributed by atoms with van der Waals surface area (Å²) < 4.78 is 0. The zero-order chi connectivity index (χ0) is 13.2. The minimum Gasteiger partial charge on any atom is -0.550 e. The van der Waals surface area contributed by atoms with E-state index in [1.165, 1.54) is 0 Å². The van der Waals surface area contributed by atoms with Gasteiger partial charge in [0.15, 0.2) is 0 Å². The minimum absolute atomic E-state index is 0. The van der Waals surface area contributed by atoms with Gasteiger partial charge in [-0.1, -0.05) is 48.5 Å². The van der Waals surface area contributed by atoms with Gasteiger partial charge in [-0.15, -0.1) is 0 Å². The molecule has 0 amide bonds. The summed E-state index contributed by atoms with van der Waals surface area (Å²) in [4.78, 5) is 10.7. The van der Waals surface area contributed by atoms with Gasteiger partial charge in [0.2, 0.25) is 0 Å². The van der Waals surface area contributed by atoms with Gasteiger partial charge in [-0.25, -0.2) is 0 Å². The van der Waals surface area contributed by atoms with Crippen LogP contribution >= 0.6 is 0 Å². The van der Waals surface area contributed by atoms with Crippen molar-refractivity contribution in [3.05, 3.63) is 60.2 Å². The number of hydrogen-bond donors (Lipinski definition) is 0. The third-order valence-corrected chi connectivity index (χ3v) is 3.46. The van der Waals surface area contributed by atoms with Gasteiger partial charge >= 0.3 is 29.6 Å². The molecule has 3 rings (SSSR count). The van der Waals surface area contributed by atoms with Gasteiger partial charge in [0.1, 0.15) is 0 Å². The maximum atomic E-state index is 10.7. The van der Waals surface area contributed by atoms with Crippen molar-refractivity contribution in [3.8, 4) is 0 Å². The number of fused-ring (bicyclic) bond motifs is 2. The summed E-state index contributed by atoms with van der Waals surface area (Å²) in [7, 11) is 0. The Bertz CT molecular complexity index is 711. The molecular formula is C17H13NaO2. The molecule has 3 heteroatoms. The van der Waals surface area contributed by atoms with Crippen molar-refractivity contribution in [1.29, 1.82) is 0 Å². The third-order valence-electron chi connectivity index (χ3n) is 3.46. The summed E-state index contributed by atoms with van der Waals surface area (Å²) in [5, 5.41) is 15.3. The molecule has 3 aromatic carbocycles. The predicted octanol–water partition coefficient (Wildman–Crippen LogP) is -0.321. The van der Waals surface area contributed by atoms with Crippen LogP contribution in [-0.2, 0) is 11.2 Å². The van der Waals surface area contributed by atoms with Gasteiger partial charge in [-0.3, -0.25) is 0 Å². The zero-order valence-corrected chi connectivity index (χ0v) is 13.4. The number of aliphatic carboxylic acids is 1. The number of rotatable bonds is 3. The van der Waals surface area contributed by atoms with E-state index in [4.69, 9.17) is 0 Å². The van der Waals surface area contributed by atoms with Gasteiger partial charge in [0.25, 0.3) is 0 Å². The SMILES string of the molecule is O=C([O-])CCc1c2ccccc2cc2ccccc12.[Na+]. The van der Waals surface area contributed by atoms with E-state index >= 15 is 0 Å². The number of carboxylic acid groups (broad SMARTS) is 1. The summed E-state index contributed by atoms with van der Waals surface area (Å²) >= 11 is 0. The smallest absolute Gasteiger partial charge is 0.550 e. The number of carbonyl (C=O) groups excluding carboxylic acids is 1. The second-order valence-electron chi connectivity index (χ2n) is 4.67. The number of carboxylic acids is 1. The van der Waals surface area contributed by atoms with Crippen molar-refractivity contribution in [1.82, 2.24) is 0 Å². The van der Waals surface area contributed by atoms with Gasteiger partial charge in [-0.2, -0.15) is 0 Å². The molecule has 0 aliphatic heterocycles. The van der Waals surface area contributed by atoms with Gasteiger partial charge in [0.05, 0.1) is 0 Å². The summed E-state index contributed by atoms with van der Waals surface area (Å²) in [5.74, 6) is -1.00. The van der Waals surface area contributed by atoms with Crippen LogP contribution in [0.2, 0.25) is 0 Å². The van der Waals surface area contributed by atoms with Crippen LogP contribution in [0.15, 0.2) is 54.6 Å². The molecule has 3 aromatic rings. The van der Waals surface area contributed by atoms with Crippen molar-refractivity contribution >= 4 is 27.5 Å². The molecule has 0 aliphatic rings. The average molecular weight is 272 g/mol. The normalized spacial score (nSPS) is 10.4. The number of hydrogen-bond acceptors (Lipinski definition) is 2. The van der Waals surface area contributed by atoms with E-state index in [0.29, 0.717) is 6.42 Å². The number of benzene rings is 3. The molecule has 0 saturated carbocycles. The van der Waals surface area contributed by atoms with Crippen LogP contribution in [0.25, 0.3) is 21.5 Å². The Labute approximate surface area is 139 Å². The van der Waals surface area contributed by atoms with Crippen LogP contribution in [0, 0.1) is 0 Å². The molecule has 0 fully saturated rings. The molecule has 0 aliphatic carbocycles. The van der Waals surface area contributed by atoms with Crippen molar-refractivity contribution in [2.75, 3.05) is 0 Å². The molecule has 0 heterocycles. The van der Waals surface area contributed by atoms with E-state index in [-0.39, 0.29) is 36.0 Å². The first-order chi connectivity index (χ1) is 9.25. The molecule has 0 saturated heterocycles. The maximum Gasteiger partial charge on any atom is 1.00 e. The van der Waals surface area contributed by atoms with E-state index in [9.17, 15) is 9.90 Å². The fourth-order valence-corrected chi connectivity index (χ4v) is 2.60. The Balaban J connectivity index is 0.00000147. The van der Waals surface area contributed by atoms with Crippen LogP contribution in [0.3, 0.4) is 0 Å². The molecule has 20 heavy (non-hydrogen) atoms. The first kappa shape index (κ1) is 15.0. The average Bonchev–Trinajstić information content (AvgIpc) is 2.43. The van der Waals surface area contributed by atoms with Crippen LogP contribution < -0.4 is 34.7 Å². The summed E-state index contributed by atoms with van der Waals surface area (Å²) in [6.07, 6.45) is 0.558.